The first kappa shape index (κ1) is 19.0. The molecule has 0 bridgehead atoms. The normalized spacial score (nSPS) is 16.7. The molecule has 0 unspecified atom stereocenters. The summed E-state index contributed by atoms with van der Waals surface area (Å²) in [4.78, 5) is 34.6. The lowest BCUT2D eigenvalue weighted by Crippen LogP contribution is -2.34. The van der Waals surface area contributed by atoms with E-state index in [-0.39, 0.29) is 24.2 Å². The summed E-state index contributed by atoms with van der Waals surface area (Å²) in [6, 6.07) is 15.9. The summed E-state index contributed by atoms with van der Waals surface area (Å²) in [5, 5.41) is 0.908. The Morgan fingerprint density at radius 1 is 1.29 bits per heavy atom. The number of amides is 2. The largest absolute Gasteiger partial charge is 0.339 e. The summed E-state index contributed by atoms with van der Waals surface area (Å²) in [6.45, 7) is 0.893. The van der Waals surface area contributed by atoms with Crippen molar-refractivity contribution >= 4 is 50.8 Å². The number of anilines is 1. The third-order valence-electron chi connectivity index (χ3n) is 4.93. The SMILES string of the molecule is CSc1cccc(N2C[C@@H](C(=O)N(C)Cc3nc4ccccc4s3)CC2=O)c1. The van der Waals surface area contributed by atoms with Gasteiger partial charge in [-0.15, -0.1) is 23.1 Å². The van der Waals surface area contributed by atoms with Crippen molar-refractivity contribution in [3.63, 3.8) is 0 Å². The quantitative estimate of drug-likeness (QED) is 0.595. The molecule has 1 aliphatic heterocycles. The zero-order valence-corrected chi connectivity index (χ0v) is 17.4. The van der Waals surface area contributed by atoms with Gasteiger partial charge >= 0.3 is 0 Å². The lowest BCUT2D eigenvalue weighted by Gasteiger charge is -2.21. The Balaban J connectivity index is 1.44. The van der Waals surface area contributed by atoms with Gasteiger partial charge in [0.05, 0.1) is 22.7 Å². The fraction of sp³-hybridized carbons (Fsp3) is 0.286. The maximum atomic E-state index is 12.9. The van der Waals surface area contributed by atoms with Crippen molar-refractivity contribution < 1.29 is 9.59 Å². The number of hydrogen-bond acceptors (Lipinski definition) is 5. The van der Waals surface area contributed by atoms with Crippen molar-refractivity contribution in [3.8, 4) is 0 Å². The molecule has 2 heterocycles. The van der Waals surface area contributed by atoms with Gasteiger partial charge in [0, 0.05) is 30.6 Å². The summed E-state index contributed by atoms with van der Waals surface area (Å²) in [7, 11) is 1.79. The van der Waals surface area contributed by atoms with Gasteiger partial charge in [-0.3, -0.25) is 9.59 Å². The summed E-state index contributed by atoms with van der Waals surface area (Å²) in [5.74, 6) is -0.314. The average Bonchev–Trinajstić information content (AvgIpc) is 3.30. The fourth-order valence-electron chi connectivity index (χ4n) is 3.48. The predicted octanol–water partition coefficient (Wildman–Crippen LogP) is 4.03. The van der Waals surface area contributed by atoms with Gasteiger partial charge in [0.1, 0.15) is 5.01 Å². The molecule has 1 fully saturated rings. The highest BCUT2D eigenvalue weighted by Gasteiger charge is 2.36. The maximum Gasteiger partial charge on any atom is 0.228 e. The number of rotatable bonds is 5. The minimum absolute atomic E-state index is 0.00359. The van der Waals surface area contributed by atoms with Crippen LogP contribution >= 0.6 is 23.1 Å². The third kappa shape index (κ3) is 3.77. The van der Waals surface area contributed by atoms with Gasteiger partial charge in [-0.05, 0) is 36.6 Å². The van der Waals surface area contributed by atoms with Crippen LogP contribution in [0.25, 0.3) is 10.2 Å². The van der Waals surface area contributed by atoms with E-state index in [4.69, 9.17) is 0 Å². The van der Waals surface area contributed by atoms with E-state index in [9.17, 15) is 9.59 Å². The molecule has 1 atom stereocenters. The minimum Gasteiger partial charge on any atom is -0.339 e. The van der Waals surface area contributed by atoms with E-state index in [0.717, 1.165) is 25.8 Å². The molecule has 0 saturated carbocycles. The molecule has 1 aliphatic rings. The van der Waals surface area contributed by atoms with Crippen LogP contribution < -0.4 is 4.90 Å². The molecule has 0 aliphatic carbocycles. The molecular formula is C21H21N3O2S2. The number of fused-ring (bicyclic) bond motifs is 1. The molecular weight excluding hydrogens is 390 g/mol. The molecule has 1 aromatic heterocycles. The minimum atomic E-state index is -0.315. The molecule has 3 aromatic rings. The summed E-state index contributed by atoms with van der Waals surface area (Å²) < 4.78 is 1.12. The second kappa shape index (κ2) is 7.93. The molecule has 0 N–H and O–H groups in total. The first-order chi connectivity index (χ1) is 13.5. The number of carbonyl (C=O) groups is 2. The van der Waals surface area contributed by atoms with Crippen LogP contribution in [0.15, 0.2) is 53.4 Å². The molecule has 2 amide bonds. The molecule has 2 aromatic carbocycles. The smallest absolute Gasteiger partial charge is 0.228 e. The standard InChI is InChI=1S/C21H21N3O2S2/c1-23(13-19-22-17-8-3-4-9-18(17)28-19)21(26)14-10-20(25)24(12-14)15-6-5-7-16(11-15)27-2/h3-9,11,14H,10,12-13H2,1-2H3/t14-/m0/s1. The lowest BCUT2D eigenvalue weighted by molar-refractivity contribution is -0.135. The molecule has 1 saturated heterocycles. The van der Waals surface area contributed by atoms with Crippen molar-refractivity contribution in [2.24, 2.45) is 5.92 Å². The van der Waals surface area contributed by atoms with Gasteiger partial charge in [-0.25, -0.2) is 4.98 Å². The molecule has 5 nitrogen and oxygen atoms in total. The van der Waals surface area contributed by atoms with E-state index >= 15 is 0 Å². The van der Waals surface area contributed by atoms with Crippen LogP contribution in [0.2, 0.25) is 0 Å². The van der Waals surface area contributed by atoms with Crippen LogP contribution in [-0.2, 0) is 16.1 Å². The van der Waals surface area contributed by atoms with Gasteiger partial charge in [0.2, 0.25) is 11.8 Å². The predicted molar refractivity (Wildman–Crippen MR) is 115 cm³/mol. The average molecular weight is 412 g/mol. The number of thioether (sulfide) groups is 1. The number of carbonyl (C=O) groups excluding carboxylic acids is 2. The highest BCUT2D eigenvalue weighted by molar-refractivity contribution is 7.98. The van der Waals surface area contributed by atoms with Crippen molar-refractivity contribution in [2.75, 3.05) is 24.7 Å². The molecule has 0 spiro atoms. The maximum absolute atomic E-state index is 12.9. The number of hydrogen-bond donors (Lipinski definition) is 0. The van der Waals surface area contributed by atoms with Crippen LogP contribution in [0.1, 0.15) is 11.4 Å². The topological polar surface area (TPSA) is 53.5 Å². The van der Waals surface area contributed by atoms with Gasteiger partial charge in [0.15, 0.2) is 0 Å². The molecule has 7 heteroatoms. The van der Waals surface area contributed by atoms with Crippen molar-refractivity contribution in [1.29, 1.82) is 0 Å². The lowest BCUT2D eigenvalue weighted by atomic mass is 10.1. The van der Waals surface area contributed by atoms with E-state index in [1.807, 2.05) is 54.8 Å². The van der Waals surface area contributed by atoms with Gasteiger partial charge in [-0.2, -0.15) is 0 Å². The first-order valence-corrected chi connectivity index (χ1v) is 11.1. The van der Waals surface area contributed by atoms with Gasteiger partial charge < -0.3 is 9.80 Å². The summed E-state index contributed by atoms with van der Waals surface area (Å²) >= 11 is 3.24. The van der Waals surface area contributed by atoms with Crippen LogP contribution in [0.3, 0.4) is 0 Å². The Kier molecular flexibility index (Phi) is 5.37. The van der Waals surface area contributed by atoms with E-state index in [2.05, 4.69) is 4.98 Å². The second-order valence-corrected chi connectivity index (χ2v) is 8.87. The zero-order chi connectivity index (χ0) is 19.7. The number of nitrogens with zero attached hydrogens (tertiary/aromatic N) is 3. The second-order valence-electron chi connectivity index (χ2n) is 6.88. The highest BCUT2D eigenvalue weighted by atomic mass is 32.2. The number of para-hydroxylation sites is 1. The Bertz CT molecular complexity index is 1000. The summed E-state index contributed by atoms with van der Waals surface area (Å²) in [5.41, 5.74) is 1.82. The Hall–Kier alpha value is -2.38. The van der Waals surface area contributed by atoms with Crippen molar-refractivity contribution in [1.82, 2.24) is 9.88 Å². The summed E-state index contributed by atoms with van der Waals surface area (Å²) in [6.07, 6.45) is 2.26. The van der Waals surface area contributed by atoms with Crippen LogP contribution in [0, 0.1) is 5.92 Å². The molecule has 144 valence electrons. The number of aromatic nitrogens is 1. The van der Waals surface area contributed by atoms with E-state index in [1.54, 1.807) is 39.9 Å². The highest BCUT2D eigenvalue weighted by Crippen LogP contribution is 2.29. The van der Waals surface area contributed by atoms with Crippen molar-refractivity contribution in [3.05, 3.63) is 53.5 Å². The number of thiazole rings is 1. The van der Waals surface area contributed by atoms with Gasteiger partial charge in [-0.1, -0.05) is 18.2 Å². The molecule has 4 rings (SSSR count). The van der Waals surface area contributed by atoms with Crippen LogP contribution in [0.4, 0.5) is 5.69 Å². The van der Waals surface area contributed by atoms with Crippen molar-refractivity contribution in [2.45, 2.75) is 17.9 Å². The van der Waals surface area contributed by atoms with E-state index in [1.165, 1.54) is 0 Å². The molecule has 0 radical (unpaired) electrons. The monoisotopic (exact) mass is 411 g/mol. The van der Waals surface area contributed by atoms with E-state index < -0.39 is 0 Å². The fourth-order valence-corrected chi connectivity index (χ4v) is 4.96. The number of benzene rings is 2. The van der Waals surface area contributed by atoms with Crippen LogP contribution in [-0.4, -0.2) is 41.5 Å². The Morgan fingerprint density at radius 3 is 2.89 bits per heavy atom. The Labute approximate surface area is 172 Å². The molecule has 28 heavy (non-hydrogen) atoms. The van der Waals surface area contributed by atoms with Gasteiger partial charge in [0.25, 0.3) is 0 Å². The Morgan fingerprint density at radius 2 is 2.11 bits per heavy atom. The third-order valence-corrected chi connectivity index (χ3v) is 6.67. The first-order valence-electron chi connectivity index (χ1n) is 9.09. The van der Waals surface area contributed by atoms with E-state index in [0.29, 0.717) is 13.1 Å². The zero-order valence-electron chi connectivity index (χ0n) is 15.8. The van der Waals surface area contributed by atoms with Crippen LogP contribution in [0.5, 0.6) is 0 Å².